The van der Waals surface area contributed by atoms with E-state index in [1.807, 2.05) is 36.5 Å². The van der Waals surface area contributed by atoms with E-state index in [1.165, 1.54) is 6.07 Å². The van der Waals surface area contributed by atoms with Crippen LogP contribution in [0, 0.1) is 5.82 Å². The number of halogens is 3. The maximum Gasteiger partial charge on any atom is 0.128 e. The maximum absolute atomic E-state index is 14.5. The van der Waals surface area contributed by atoms with E-state index in [0.717, 1.165) is 37.4 Å². The summed E-state index contributed by atoms with van der Waals surface area (Å²) in [6.07, 6.45) is 3.60. The molecule has 0 radical (unpaired) electrons. The Morgan fingerprint density at radius 3 is 2.44 bits per heavy atom. The smallest absolute Gasteiger partial charge is 0.128 e. The van der Waals surface area contributed by atoms with Crippen LogP contribution < -0.4 is 4.90 Å². The number of piperazine rings is 1. The van der Waals surface area contributed by atoms with E-state index in [1.54, 1.807) is 12.3 Å². The molecule has 0 amide bonds. The fraction of sp³-hybridized carbons (Fsp3) is 0.250. The number of H-pyrrole nitrogens is 1. The fourth-order valence-corrected chi connectivity index (χ4v) is 3.91. The molecule has 0 bridgehead atoms. The molecule has 27 heavy (non-hydrogen) atoms. The summed E-state index contributed by atoms with van der Waals surface area (Å²) in [6, 6.07) is 12.5. The number of nitrogens with one attached hydrogen (secondary N) is 1. The first-order valence-corrected chi connectivity index (χ1v) is 9.56. The van der Waals surface area contributed by atoms with Crippen LogP contribution in [0.15, 0.2) is 54.9 Å². The average molecular weight is 405 g/mol. The molecule has 1 saturated heterocycles. The van der Waals surface area contributed by atoms with Gasteiger partial charge in [0.05, 0.1) is 22.3 Å². The Labute approximate surface area is 167 Å². The summed E-state index contributed by atoms with van der Waals surface area (Å²) in [4.78, 5) is 4.56. The predicted molar refractivity (Wildman–Crippen MR) is 107 cm³/mol. The van der Waals surface area contributed by atoms with E-state index in [-0.39, 0.29) is 11.9 Å². The van der Waals surface area contributed by atoms with Crippen LogP contribution in [0.4, 0.5) is 10.1 Å². The third kappa shape index (κ3) is 3.81. The Bertz CT molecular complexity index is 908. The molecule has 1 unspecified atom stereocenters. The highest BCUT2D eigenvalue weighted by Crippen LogP contribution is 2.32. The fourth-order valence-electron chi connectivity index (χ4n) is 3.61. The van der Waals surface area contributed by atoms with Crippen LogP contribution in [-0.2, 0) is 0 Å². The van der Waals surface area contributed by atoms with Crippen molar-refractivity contribution < 1.29 is 4.39 Å². The van der Waals surface area contributed by atoms with Gasteiger partial charge in [-0.15, -0.1) is 0 Å². The van der Waals surface area contributed by atoms with Crippen LogP contribution in [0.3, 0.4) is 0 Å². The Morgan fingerprint density at radius 1 is 1.00 bits per heavy atom. The molecule has 3 aromatic rings. The van der Waals surface area contributed by atoms with Gasteiger partial charge in [-0.2, -0.15) is 5.10 Å². The van der Waals surface area contributed by atoms with Gasteiger partial charge in [0.2, 0.25) is 0 Å². The minimum absolute atomic E-state index is 0.166. The Morgan fingerprint density at radius 2 is 1.78 bits per heavy atom. The number of hydrogen-bond donors (Lipinski definition) is 1. The van der Waals surface area contributed by atoms with Gasteiger partial charge in [-0.25, -0.2) is 4.39 Å². The third-order valence-corrected chi connectivity index (χ3v) is 5.72. The van der Waals surface area contributed by atoms with Crippen molar-refractivity contribution in [2.24, 2.45) is 0 Å². The highest BCUT2D eigenvalue weighted by molar-refractivity contribution is 6.42. The largest absolute Gasteiger partial charge is 0.369 e. The van der Waals surface area contributed by atoms with E-state index in [9.17, 15) is 4.39 Å². The van der Waals surface area contributed by atoms with Crippen LogP contribution in [0.2, 0.25) is 10.0 Å². The first-order valence-electron chi connectivity index (χ1n) is 8.80. The number of aromatic amines is 1. The molecule has 1 fully saturated rings. The zero-order valence-electron chi connectivity index (χ0n) is 14.6. The molecule has 4 rings (SSSR count). The van der Waals surface area contributed by atoms with Crippen molar-refractivity contribution in [2.75, 3.05) is 31.1 Å². The molecule has 1 aliphatic rings. The summed E-state index contributed by atoms with van der Waals surface area (Å²) in [5.74, 6) is -0.199. The zero-order chi connectivity index (χ0) is 18.8. The first-order chi connectivity index (χ1) is 13.1. The van der Waals surface area contributed by atoms with E-state index in [4.69, 9.17) is 23.2 Å². The first kappa shape index (κ1) is 18.3. The molecule has 7 heteroatoms. The summed E-state index contributed by atoms with van der Waals surface area (Å²) in [6.45, 7) is 3.23. The molecule has 140 valence electrons. The standard InChI is InChI=1S/C20H19Cl2FN4/c21-17-6-5-15(11-18(17)22)26-7-9-27(10-8-26)20(14-12-24-25-13-14)16-3-1-2-4-19(16)23/h1-6,11-13,20H,7-10H2,(H,24,25). The van der Waals surface area contributed by atoms with Crippen molar-refractivity contribution >= 4 is 28.9 Å². The second-order valence-electron chi connectivity index (χ2n) is 6.58. The lowest BCUT2D eigenvalue weighted by molar-refractivity contribution is 0.209. The maximum atomic E-state index is 14.5. The average Bonchev–Trinajstić information content (AvgIpc) is 3.21. The molecular weight excluding hydrogens is 386 g/mol. The van der Waals surface area contributed by atoms with Gasteiger partial charge in [0.15, 0.2) is 0 Å². The quantitative estimate of drug-likeness (QED) is 0.680. The van der Waals surface area contributed by atoms with Gasteiger partial charge in [0, 0.05) is 49.2 Å². The third-order valence-electron chi connectivity index (χ3n) is 4.98. The van der Waals surface area contributed by atoms with Gasteiger partial charge in [-0.1, -0.05) is 41.4 Å². The number of hydrogen-bond acceptors (Lipinski definition) is 3. The Kier molecular flexibility index (Phi) is 5.34. The number of rotatable bonds is 4. The lowest BCUT2D eigenvalue weighted by Crippen LogP contribution is -2.48. The predicted octanol–water partition coefficient (Wildman–Crippen LogP) is 4.77. The van der Waals surface area contributed by atoms with Crippen molar-refractivity contribution in [1.29, 1.82) is 0 Å². The zero-order valence-corrected chi connectivity index (χ0v) is 16.1. The summed E-state index contributed by atoms with van der Waals surface area (Å²) in [5, 5.41) is 8.02. The molecule has 4 nitrogen and oxygen atoms in total. The van der Waals surface area contributed by atoms with Gasteiger partial charge in [0.25, 0.3) is 0 Å². The summed E-state index contributed by atoms with van der Waals surface area (Å²) >= 11 is 12.2. The van der Waals surface area contributed by atoms with Crippen molar-refractivity contribution in [3.05, 3.63) is 81.8 Å². The molecule has 1 N–H and O–H groups in total. The van der Waals surface area contributed by atoms with Crippen LogP contribution in [0.1, 0.15) is 17.2 Å². The van der Waals surface area contributed by atoms with Crippen molar-refractivity contribution in [2.45, 2.75) is 6.04 Å². The topological polar surface area (TPSA) is 35.2 Å². The van der Waals surface area contributed by atoms with E-state index in [2.05, 4.69) is 20.0 Å². The second kappa shape index (κ2) is 7.89. The van der Waals surface area contributed by atoms with Gasteiger partial charge in [-0.3, -0.25) is 10.00 Å². The van der Waals surface area contributed by atoms with Crippen LogP contribution >= 0.6 is 23.2 Å². The van der Waals surface area contributed by atoms with Gasteiger partial charge in [0.1, 0.15) is 5.82 Å². The number of benzene rings is 2. The summed E-state index contributed by atoms with van der Waals surface area (Å²) < 4.78 is 14.5. The second-order valence-corrected chi connectivity index (χ2v) is 7.39. The normalized spacial score (nSPS) is 16.5. The van der Waals surface area contributed by atoms with Gasteiger partial charge >= 0.3 is 0 Å². The molecule has 2 aromatic carbocycles. The van der Waals surface area contributed by atoms with Crippen LogP contribution in [-0.4, -0.2) is 41.3 Å². The van der Waals surface area contributed by atoms with E-state index < -0.39 is 0 Å². The number of aromatic nitrogens is 2. The summed E-state index contributed by atoms with van der Waals surface area (Å²) in [7, 11) is 0. The van der Waals surface area contributed by atoms with Gasteiger partial charge in [-0.05, 0) is 24.3 Å². The Hall–Kier alpha value is -2.08. The van der Waals surface area contributed by atoms with Crippen LogP contribution in [0.5, 0.6) is 0 Å². The summed E-state index contributed by atoms with van der Waals surface area (Å²) in [5.41, 5.74) is 2.68. The highest BCUT2D eigenvalue weighted by atomic mass is 35.5. The van der Waals surface area contributed by atoms with Crippen molar-refractivity contribution in [1.82, 2.24) is 15.1 Å². The molecule has 1 aliphatic heterocycles. The van der Waals surface area contributed by atoms with Crippen LogP contribution in [0.25, 0.3) is 0 Å². The highest BCUT2D eigenvalue weighted by Gasteiger charge is 2.29. The number of anilines is 1. The number of nitrogens with zero attached hydrogens (tertiary/aromatic N) is 3. The molecule has 0 spiro atoms. The van der Waals surface area contributed by atoms with Gasteiger partial charge < -0.3 is 4.90 Å². The molecule has 1 atom stereocenters. The lowest BCUT2D eigenvalue weighted by atomic mass is 9.98. The molecule has 0 saturated carbocycles. The SMILES string of the molecule is Fc1ccccc1C(c1cn[nH]c1)N1CCN(c2ccc(Cl)c(Cl)c2)CC1. The van der Waals surface area contributed by atoms with Crippen molar-refractivity contribution in [3.8, 4) is 0 Å². The minimum atomic E-state index is -0.199. The minimum Gasteiger partial charge on any atom is -0.369 e. The van der Waals surface area contributed by atoms with E-state index in [0.29, 0.717) is 15.6 Å². The molecule has 1 aromatic heterocycles. The Balaban J connectivity index is 1.55. The molecule has 2 heterocycles. The monoisotopic (exact) mass is 404 g/mol. The van der Waals surface area contributed by atoms with Crippen molar-refractivity contribution in [3.63, 3.8) is 0 Å². The van der Waals surface area contributed by atoms with E-state index >= 15 is 0 Å². The molecular formula is C20H19Cl2FN4. The lowest BCUT2D eigenvalue weighted by Gasteiger charge is -2.40. The molecule has 0 aliphatic carbocycles.